The number of nitrogens with one attached hydrogen (secondary N) is 1. The van der Waals surface area contributed by atoms with Crippen molar-refractivity contribution in [3.8, 4) is 0 Å². The van der Waals surface area contributed by atoms with Crippen molar-refractivity contribution in [2.75, 3.05) is 13.1 Å². The number of carbonyl (C=O) groups is 1. The van der Waals surface area contributed by atoms with E-state index in [0.717, 1.165) is 31.0 Å². The van der Waals surface area contributed by atoms with Gasteiger partial charge in [0, 0.05) is 6.04 Å². The quantitative estimate of drug-likeness (QED) is 0.650. The smallest absolute Gasteiger partial charge is 0.323 e. The maximum absolute atomic E-state index is 10.6. The van der Waals surface area contributed by atoms with Crippen molar-refractivity contribution in [3.05, 3.63) is 0 Å². The fraction of sp³-hybridized carbons (Fsp3) is 0.875. The number of rotatable bonds is 3. The van der Waals surface area contributed by atoms with Crippen molar-refractivity contribution in [2.45, 2.75) is 31.8 Å². The third kappa shape index (κ3) is 3.53. The van der Waals surface area contributed by atoms with E-state index in [2.05, 4.69) is 5.32 Å². The van der Waals surface area contributed by atoms with Crippen molar-refractivity contribution >= 4 is 23.0 Å². The molecule has 5 nitrogen and oxygen atoms in total. The Kier molecular flexibility index (Phi) is 6.26. The van der Waals surface area contributed by atoms with E-state index in [1.54, 1.807) is 0 Å². The average Bonchev–Trinajstić information content (AvgIpc) is 2.17. The highest BCUT2D eigenvalue weighted by Gasteiger charge is 2.27. The molecule has 0 radical (unpaired) electrons. The molecule has 0 aromatic carbocycles. The molecule has 6 heteroatoms. The van der Waals surface area contributed by atoms with Gasteiger partial charge in [0.1, 0.15) is 6.04 Å². The number of hydroxylamine groups is 2. The molecule has 1 rings (SSSR count). The Morgan fingerprint density at radius 2 is 2.00 bits per heavy atom. The predicted molar refractivity (Wildman–Crippen MR) is 56.9 cm³/mol. The van der Waals surface area contributed by atoms with Gasteiger partial charge in [-0.05, 0) is 32.9 Å². The van der Waals surface area contributed by atoms with Crippen LogP contribution in [0.1, 0.15) is 19.8 Å². The van der Waals surface area contributed by atoms with Crippen molar-refractivity contribution < 1.29 is 15.1 Å². The van der Waals surface area contributed by atoms with Crippen LogP contribution in [-0.4, -0.2) is 46.5 Å². The Hall–Kier alpha value is -0.170. The van der Waals surface area contributed by atoms with E-state index in [1.807, 2.05) is 0 Å². The lowest BCUT2D eigenvalue weighted by Crippen LogP contribution is -2.47. The zero-order chi connectivity index (χ0) is 9.84. The first-order chi connectivity index (χ1) is 6.13. The first-order valence-electron chi connectivity index (χ1n) is 4.53. The third-order valence-corrected chi connectivity index (χ3v) is 2.44. The number of hydrogen-bond acceptors (Lipinski definition) is 4. The summed E-state index contributed by atoms with van der Waals surface area (Å²) in [5.41, 5.74) is 0. The molecule has 1 aliphatic heterocycles. The molecule has 3 N–H and O–H groups in total. The normalized spacial score (nSPS) is 20.2. The molecule has 0 unspecified atom stereocenters. The first-order valence-corrected chi connectivity index (χ1v) is 4.53. The Bertz CT molecular complexity index is 185. The van der Waals surface area contributed by atoms with E-state index in [1.165, 1.54) is 6.92 Å². The Labute approximate surface area is 93.8 Å². The fourth-order valence-corrected chi connectivity index (χ4v) is 1.50. The van der Waals surface area contributed by atoms with Gasteiger partial charge in [0.05, 0.1) is 0 Å². The minimum atomic E-state index is -0.985. The van der Waals surface area contributed by atoms with E-state index >= 15 is 0 Å². The number of carboxylic acids is 1. The summed E-state index contributed by atoms with van der Waals surface area (Å²) < 4.78 is 0. The van der Waals surface area contributed by atoms with Crippen molar-refractivity contribution in [1.82, 2.24) is 10.4 Å². The molecule has 1 fully saturated rings. The molecule has 0 aliphatic carbocycles. The van der Waals surface area contributed by atoms with E-state index in [9.17, 15) is 10.0 Å². The molecule has 0 saturated carbocycles. The predicted octanol–water partition coefficient (Wildman–Crippen LogP) is 0.481. The van der Waals surface area contributed by atoms with Crippen LogP contribution in [0.25, 0.3) is 0 Å². The molecule has 1 atom stereocenters. The molecule has 1 aliphatic rings. The topological polar surface area (TPSA) is 72.8 Å². The first kappa shape index (κ1) is 13.8. The largest absolute Gasteiger partial charge is 0.480 e. The van der Waals surface area contributed by atoms with Crippen LogP contribution < -0.4 is 5.32 Å². The highest BCUT2D eigenvalue weighted by atomic mass is 79.9. The lowest BCUT2D eigenvalue weighted by Gasteiger charge is -2.31. The molecular formula is C8H17BrN2O3. The molecule has 84 valence electrons. The Balaban J connectivity index is 0.00000169. The van der Waals surface area contributed by atoms with E-state index < -0.39 is 12.0 Å². The minimum Gasteiger partial charge on any atom is -0.480 e. The van der Waals surface area contributed by atoms with E-state index in [4.69, 9.17) is 5.11 Å². The number of carboxylic acid groups (broad SMARTS) is 1. The second-order valence-electron chi connectivity index (χ2n) is 3.38. The molecule has 0 aromatic rings. The van der Waals surface area contributed by atoms with Gasteiger partial charge in [-0.3, -0.25) is 4.79 Å². The summed E-state index contributed by atoms with van der Waals surface area (Å²) in [6, 6.07) is -0.838. The monoisotopic (exact) mass is 268 g/mol. The van der Waals surface area contributed by atoms with Gasteiger partial charge in [-0.25, -0.2) is 0 Å². The van der Waals surface area contributed by atoms with Gasteiger partial charge in [0.25, 0.3) is 0 Å². The van der Waals surface area contributed by atoms with Crippen LogP contribution >= 0.6 is 17.0 Å². The van der Waals surface area contributed by atoms with Gasteiger partial charge in [0.2, 0.25) is 0 Å². The highest BCUT2D eigenvalue weighted by molar-refractivity contribution is 8.93. The zero-order valence-corrected chi connectivity index (χ0v) is 9.85. The van der Waals surface area contributed by atoms with Crippen molar-refractivity contribution in [3.63, 3.8) is 0 Å². The third-order valence-electron chi connectivity index (χ3n) is 2.44. The van der Waals surface area contributed by atoms with Crippen LogP contribution in [0, 0.1) is 0 Å². The minimum absolute atomic E-state index is 0. The van der Waals surface area contributed by atoms with Gasteiger partial charge in [-0.15, -0.1) is 17.0 Å². The number of hydrogen-bond donors (Lipinski definition) is 3. The van der Waals surface area contributed by atoms with Gasteiger partial charge in [-0.2, -0.15) is 5.06 Å². The standard InChI is InChI=1S/C8H16N2O3.BrH/c1-6(8(11)12)10(13)7-2-4-9-5-3-7;/h6-7,9,13H,2-5H2,1H3,(H,11,12);1H/t6-;/m0./s1. The summed E-state index contributed by atoms with van der Waals surface area (Å²) in [6.45, 7) is 3.17. The molecule has 0 amide bonds. The molecule has 14 heavy (non-hydrogen) atoms. The number of piperidine rings is 1. The number of nitrogens with zero attached hydrogens (tertiary/aromatic N) is 1. The van der Waals surface area contributed by atoms with E-state index in [-0.39, 0.29) is 23.0 Å². The zero-order valence-electron chi connectivity index (χ0n) is 8.14. The molecule has 0 spiro atoms. The SMILES string of the molecule is Br.C[C@@H](C(=O)O)N(O)C1CCNCC1. The Morgan fingerprint density at radius 3 is 2.43 bits per heavy atom. The van der Waals surface area contributed by atoms with Crippen molar-refractivity contribution in [1.29, 1.82) is 0 Å². The maximum Gasteiger partial charge on any atom is 0.323 e. The number of halogens is 1. The number of aliphatic carboxylic acids is 1. The molecular weight excluding hydrogens is 252 g/mol. The van der Waals surface area contributed by atoms with Crippen LogP contribution in [0.4, 0.5) is 0 Å². The maximum atomic E-state index is 10.6. The fourth-order valence-electron chi connectivity index (χ4n) is 1.50. The summed E-state index contributed by atoms with van der Waals surface area (Å²) >= 11 is 0. The van der Waals surface area contributed by atoms with Crippen LogP contribution in [0.15, 0.2) is 0 Å². The molecule has 0 bridgehead atoms. The Morgan fingerprint density at radius 1 is 1.50 bits per heavy atom. The lowest BCUT2D eigenvalue weighted by atomic mass is 10.1. The summed E-state index contributed by atoms with van der Waals surface area (Å²) in [5.74, 6) is -0.985. The summed E-state index contributed by atoms with van der Waals surface area (Å²) in [4.78, 5) is 10.6. The summed E-state index contributed by atoms with van der Waals surface area (Å²) in [7, 11) is 0. The van der Waals surface area contributed by atoms with Gasteiger partial charge in [-0.1, -0.05) is 0 Å². The van der Waals surface area contributed by atoms with Crippen LogP contribution in [-0.2, 0) is 4.79 Å². The highest BCUT2D eigenvalue weighted by Crippen LogP contribution is 2.12. The van der Waals surface area contributed by atoms with Crippen LogP contribution in [0.5, 0.6) is 0 Å². The van der Waals surface area contributed by atoms with Gasteiger partial charge >= 0.3 is 5.97 Å². The van der Waals surface area contributed by atoms with Crippen LogP contribution in [0.2, 0.25) is 0 Å². The molecule has 1 saturated heterocycles. The van der Waals surface area contributed by atoms with Crippen LogP contribution in [0.3, 0.4) is 0 Å². The van der Waals surface area contributed by atoms with Gasteiger partial charge in [0.15, 0.2) is 0 Å². The average molecular weight is 269 g/mol. The molecule has 0 aromatic heterocycles. The van der Waals surface area contributed by atoms with Crippen molar-refractivity contribution in [2.24, 2.45) is 0 Å². The second kappa shape index (κ2) is 6.34. The van der Waals surface area contributed by atoms with Gasteiger partial charge < -0.3 is 15.6 Å². The summed E-state index contributed by atoms with van der Waals surface area (Å²) in [5, 5.41) is 22.3. The summed E-state index contributed by atoms with van der Waals surface area (Å²) in [6.07, 6.45) is 1.60. The molecule has 1 heterocycles. The second-order valence-corrected chi connectivity index (χ2v) is 3.38. The van der Waals surface area contributed by atoms with E-state index in [0.29, 0.717) is 0 Å². The lowest BCUT2D eigenvalue weighted by molar-refractivity contribution is -0.183.